The van der Waals surface area contributed by atoms with Crippen molar-refractivity contribution in [2.45, 2.75) is 31.4 Å². The third-order valence-corrected chi connectivity index (χ3v) is 4.01. The monoisotopic (exact) mass is 216 g/mol. The molecule has 1 unspecified atom stereocenters. The molecule has 1 amide bonds. The van der Waals surface area contributed by atoms with E-state index in [2.05, 4.69) is 18.5 Å². The molecular formula is C10H20N2OS. The standard InChI is InChI=1S/C10H20N2OS/c1-8(14-2)3-6-12-9(13)10(7-11)4-5-10/h8H,3-7,11H2,1-2H3,(H,12,13). The van der Waals surface area contributed by atoms with Gasteiger partial charge in [-0.05, 0) is 25.5 Å². The van der Waals surface area contributed by atoms with Gasteiger partial charge in [0, 0.05) is 18.3 Å². The van der Waals surface area contributed by atoms with Gasteiger partial charge in [0.25, 0.3) is 0 Å². The first-order chi connectivity index (χ1) is 6.64. The summed E-state index contributed by atoms with van der Waals surface area (Å²) in [6, 6.07) is 0. The lowest BCUT2D eigenvalue weighted by molar-refractivity contribution is -0.125. The number of carbonyl (C=O) groups excluding carboxylic acids is 1. The van der Waals surface area contributed by atoms with Crippen molar-refractivity contribution < 1.29 is 4.79 Å². The molecule has 3 N–H and O–H groups in total. The van der Waals surface area contributed by atoms with Crippen molar-refractivity contribution in [3.8, 4) is 0 Å². The number of hydrogen-bond donors (Lipinski definition) is 2. The molecular weight excluding hydrogens is 196 g/mol. The highest BCUT2D eigenvalue weighted by molar-refractivity contribution is 7.99. The molecule has 0 aromatic carbocycles. The van der Waals surface area contributed by atoms with Gasteiger partial charge < -0.3 is 11.1 Å². The Labute approximate surface area is 90.2 Å². The van der Waals surface area contributed by atoms with E-state index in [1.165, 1.54) is 0 Å². The fraction of sp³-hybridized carbons (Fsp3) is 0.900. The summed E-state index contributed by atoms with van der Waals surface area (Å²) in [6.45, 7) is 3.45. The summed E-state index contributed by atoms with van der Waals surface area (Å²) in [5.41, 5.74) is 5.37. The maximum Gasteiger partial charge on any atom is 0.227 e. The SMILES string of the molecule is CSC(C)CCNC(=O)C1(CN)CC1. The predicted octanol–water partition coefficient (Wildman–Crippen LogP) is 0.983. The van der Waals surface area contributed by atoms with E-state index in [-0.39, 0.29) is 11.3 Å². The van der Waals surface area contributed by atoms with E-state index < -0.39 is 0 Å². The van der Waals surface area contributed by atoms with Crippen molar-refractivity contribution in [2.24, 2.45) is 11.1 Å². The van der Waals surface area contributed by atoms with Gasteiger partial charge in [-0.1, -0.05) is 6.92 Å². The molecule has 1 aliphatic carbocycles. The van der Waals surface area contributed by atoms with Crippen LogP contribution in [-0.2, 0) is 4.79 Å². The van der Waals surface area contributed by atoms with Crippen LogP contribution in [0.3, 0.4) is 0 Å². The Morgan fingerprint density at radius 1 is 1.64 bits per heavy atom. The predicted molar refractivity (Wildman–Crippen MR) is 61.3 cm³/mol. The summed E-state index contributed by atoms with van der Waals surface area (Å²) >= 11 is 1.83. The maximum absolute atomic E-state index is 11.6. The Hall–Kier alpha value is -0.220. The van der Waals surface area contributed by atoms with Gasteiger partial charge in [0.2, 0.25) is 5.91 Å². The van der Waals surface area contributed by atoms with Crippen molar-refractivity contribution in [3.63, 3.8) is 0 Å². The molecule has 0 radical (unpaired) electrons. The van der Waals surface area contributed by atoms with Gasteiger partial charge in [-0.3, -0.25) is 4.79 Å². The zero-order valence-corrected chi connectivity index (χ0v) is 9.82. The van der Waals surface area contributed by atoms with Crippen molar-refractivity contribution in [1.82, 2.24) is 5.32 Å². The Morgan fingerprint density at radius 2 is 2.29 bits per heavy atom. The van der Waals surface area contributed by atoms with Crippen LogP contribution < -0.4 is 11.1 Å². The third kappa shape index (κ3) is 2.89. The summed E-state index contributed by atoms with van der Waals surface area (Å²) < 4.78 is 0. The highest BCUT2D eigenvalue weighted by atomic mass is 32.2. The summed E-state index contributed by atoms with van der Waals surface area (Å²) in [5, 5.41) is 3.58. The van der Waals surface area contributed by atoms with Gasteiger partial charge in [0.1, 0.15) is 0 Å². The molecule has 0 aromatic rings. The molecule has 3 nitrogen and oxygen atoms in total. The van der Waals surface area contributed by atoms with Gasteiger partial charge in [0.15, 0.2) is 0 Å². The Morgan fingerprint density at radius 3 is 2.71 bits per heavy atom. The fourth-order valence-corrected chi connectivity index (χ4v) is 1.72. The van der Waals surface area contributed by atoms with Crippen LogP contribution in [0.4, 0.5) is 0 Å². The smallest absolute Gasteiger partial charge is 0.227 e. The molecule has 0 bridgehead atoms. The average molecular weight is 216 g/mol. The lowest BCUT2D eigenvalue weighted by atomic mass is 10.1. The first-order valence-corrected chi connectivity index (χ1v) is 6.44. The lowest BCUT2D eigenvalue weighted by Crippen LogP contribution is -2.37. The number of hydrogen-bond acceptors (Lipinski definition) is 3. The molecule has 0 aromatic heterocycles. The zero-order valence-electron chi connectivity index (χ0n) is 9.01. The van der Waals surface area contributed by atoms with Crippen LogP contribution in [0.5, 0.6) is 0 Å². The summed E-state index contributed by atoms with van der Waals surface area (Å²) in [4.78, 5) is 11.6. The number of carbonyl (C=O) groups is 1. The molecule has 0 aliphatic heterocycles. The van der Waals surface area contributed by atoms with E-state index in [4.69, 9.17) is 5.73 Å². The first kappa shape index (κ1) is 11.9. The highest BCUT2D eigenvalue weighted by Crippen LogP contribution is 2.44. The first-order valence-electron chi connectivity index (χ1n) is 5.16. The number of thioether (sulfide) groups is 1. The summed E-state index contributed by atoms with van der Waals surface area (Å²) in [6.07, 6.45) is 5.06. The fourth-order valence-electron chi connectivity index (χ4n) is 1.37. The largest absolute Gasteiger partial charge is 0.356 e. The van der Waals surface area contributed by atoms with E-state index in [0.29, 0.717) is 11.8 Å². The van der Waals surface area contributed by atoms with Gasteiger partial charge in [0.05, 0.1) is 5.41 Å². The lowest BCUT2D eigenvalue weighted by Gasteiger charge is -2.14. The Kier molecular flexibility index (Phi) is 4.26. The van der Waals surface area contributed by atoms with Crippen molar-refractivity contribution in [2.75, 3.05) is 19.3 Å². The van der Waals surface area contributed by atoms with Gasteiger partial charge >= 0.3 is 0 Å². The molecule has 0 spiro atoms. The van der Waals surface area contributed by atoms with Gasteiger partial charge in [-0.25, -0.2) is 0 Å². The second-order valence-corrected chi connectivity index (χ2v) is 5.35. The van der Waals surface area contributed by atoms with E-state index >= 15 is 0 Å². The maximum atomic E-state index is 11.6. The van der Waals surface area contributed by atoms with Crippen LogP contribution in [0.2, 0.25) is 0 Å². The molecule has 1 atom stereocenters. The van der Waals surface area contributed by atoms with Gasteiger partial charge in [-0.15, -0.1) is 0 Å². The second kappa shape index (κ2) is 5.03. The minimum absolute atomic E-state index is 0.160. The van der Waals surface area contributed by atoms with Crippen LogP contribution in [-0.4, -0.2) is 30.5 Å². The van der Waals surface area contributed by atoms with Crippen LogP contribution in [0.25, 0.3) is 0 Å². The Bertz CT molecular complexity index is 204. The van der Waals surface area contributed by atoms with Crippen LogP contribution in [0.1, 0.15) is 26.2 Å². The molecule has 4 heteroatoms. The van der Waals surface area contributed by atoms with Crippen LogP contribution in [0.15, 0.2) is 0 Å². The minimum Gasteiger partial charge on any atom is -0.356 e. The highest BCUT2D eigenvalue weighted by Gasteiger charge is 2.48. The number of nitrogens with one attached hydrogen (secondary N) is 1. The number of amides is 1. The summed E-state index contributed by atoms with van der Waals surface area (Å²) in [7, 11) is 0. The number of rotatable bonds is 6. The molecule has 82 valence electrons. The van der Waals surface area contributed by atoms with E-state index in [0.717, 1.165) is 25.8 Å². The van der Waals surface area contributed by atoms with Crippen LogP contribution in [0, 0.1) is 5.41 Å². The average Bonchev–Trinajstić information content (AvgIpc) is 2.98. The molecule has 0 saturated heterocycles. The summed E-state index contributed by atoms with van der Waals surface area (Å²) in [5.74, 6) is 0.160. The van der Waals surface area contributed by atoms with Crippen molar-refractivity contribution in [3.05, 3.63) is 0 Å². The quantitative estimate of drug-likeness (QED) is 0.696. The topological polar surface area (TPSA) is 55.1 Å². The molecule has 1 aliphatic rings. The minimum atomic E-state index is -0.192. The van der Waals surface area contributed by atoms with Gasteiger partial charge in [-0.2, -0.15) is 11.8 Å². The second-order valence-electron chi connectivity index (χ2n) is 4.08. The molecule has 1 fully saturated rings. The molecule has 14 heavy (non-hydrogen) atoms. The van der Waals surface area contributed by atoms with E-state index in [9.17, 15) is 4.79 Å². The third-order valence-electron chi connectivity index (χ3n) is 2.96. The zero-order chi connectivity index (χ0) is 10.6. The molecule has 0 heterocycles. The molecule has 1 saturated carbocycles. The van der Waals surface area contributed by atoms with Crippen LogP contribution >= 0.6 is 11.8 Å². The van der Waals surface area contributed by atoms with E-state index in [1.807, 2.05) is 11.8 Å². The normalized spacial score (nSPS) is 20.2. The Balaban J connectivity index is 2.16. The molecule has 1 rings (SSSR count). The van der Waals surface area contributed by atoms with Crippen molar-refractivity contribution in [1.29, 1.82) is 0 Å². The van der Waals surface area contributed by atoms with E-state index in [1.54, 1.807) is 0 Å². The van der Waals surface area contributed by atoms with Crippen molar-refractivity contribution >= 4 is 17.7 Å². The number of nitrogens with two attached hydrogens (primary N) is 1.